The first-order chi connectivity index (χ1) is 35.2. The smallest absolute Gasteiger partial charge is 0.328 e. The number of fused-ring (bicyclic) bond motifs is 5. The summed E-state index contributed by atoms with van der Waals surface area (Å²) in [4.78, 5) is 83.7. The van der Waals surface area contributed by atoms with E-state index in [1.807, 2.05) is 139 Å². The average molecular weight is 956 g/mol. The molecular formula is C57H45N7O8. The van der Waals surface area contributed by atoms with Crippen LogP contribution < -0.4 is 19.3 Å². The number of esters is 1. The van der Waals surface area contributed by atoms with Crippen molar-refractivity contribution in [1.82, 2.24) is 24.5 Å². The van der Waals surface area contributed by atoms with Crippen molar-refractivity contribution in [2.75, 3.05) is 31.1 Å². The second kappa shape index (κ2) is 17.2. The van der Waals surface area contributed by atoms with Crippen LogP contribution in [-0.2, 0) is 28.7 Å². The summed E-state index contributed by atoms with van der Waals surface area (Å²) in [6.45, 7) is 0. The highest BCUT2D eigenvalue weighted by Gasteiger charge is 2.84. The van der Waals surface area contributed by atoms with Gasteiger partial charge in [0, 0.05) is 34.6 Å². The zero-order valence-electron chi connectivity index (χ0n) is 39.2. The number of benzene rings is 6. The number of ether oxygens (including phenoxy) is 3. The highest BCUT2D eigenvalue weighted by Crippen LogP contribution is 2.70. The number of para-hydroxylation sites is 2. The Hall–Kier alpha value is -8.95. The summed E-state index contributed by atoms with van der Waals surface area (Å²) in [5, 5.41) is 10.4. The number of amides is 4. The zero-order chi connectivity index (χ0) is 49.4. The van der Waals surface area contributed by atoms with Crippen LogP contribution in [0.5, 0.6) is 11.5 Å². The highest BCUT2D eigenvalue weighted by molar-refractivity contribution is 6.28. The molecule has 0 spiro atoms. The van der Waals surface area contributed by atoms with Gasteiger partial charge in [0.15, 0.2) is 0 Å². The maximum absolute atomic E-state index is 16.0. The summed E-state index contributed by atoms with van der Waals surface area (Å²) < 4.78 is 20.2. The number of carbonyl (C=O) groups is 5. The van der Waals surface area contributed by atoms with Crippen LogP contribution in [0.3, 0.4) is 0 Å². The van der Waals surface area contributed by atoms with E-state index in [2.05, 4.69) is 0 Å². The standard InChI is InChI=1S/C57H45N7O8/c1-70-40-28-24-38(25-29-40)62-52(65)44-46(54(62)67)57(56(69)72-3)47-45(53(66)63(55(47)68)39-26-30-41(71-2)31-27-39)51(43-33-61(37-22-14-7-15-23-37)59-49(43)35-18-10-5-11-19-35)64(57)50(44)42-32-60(36-20-12-6-13-21-36)58-48(42)34-16-8-4-9-17-34/h4-33,44-47,50-51H,1-3H3/t44-,45?,46-,47?,50-,51?,57?/m1/s1. The van der Waals surface area contributed by atoms with Crippen molar-refractivity contribution >= 4 is 41.0 Å². The van der Waals surface area contributed by atoms with E-state index in [1.54, 1.807) is 57.9 Å². The first-order valence-electron chi connectivity index (χ1n) is 23.5. The van der Waals surface area contributed by atoms with Crippen LogP contribution in [0.25, 0.3) is 33.9 Å². The molecule has 4 aliphatic rings. The van der Waals surface area contributed by atoms with Gasteiger partial charge in [-0.2, -0.15) is 10.2 Å². The van der Waals surface area contributed by atoms with Crippen LogP contribution in [0.4, 0.5) is 11.4 Å². The number of rotatable bonds is 11. The Kier molecular flexibility index (Phi) is 10.6. The van der Waals surface area contributed by atoms with Gasteiger partial charge in [-0.25, -0.2) is 24.0 Å². The molecule has 15 heteroatoms. The molecule has 4 aliphatic heterocycles. The molecule has 6 aromatic carbocycles. The van der Waals surface area contributed by atoms with E-state index in [0.29, 0.717) is 56.5 Å². The largest absolute Gasteiger partial charge is 0.497 e. The number of imide groups is 2. The van der Waals surface area contributed by atoms with Crippen molar-refractivity contribution < 1.29 is 38.2 Å². The molecular weight excluding hydrogens is 911 g/mol. The summed E-state index contributed by atoms with van der Waals surface area (Å²) in [5.41, 5.74) is 2.87. The number of carbonyl (C=O) groups excluding carboxylic acids is 5. The predicted molar refractivity (Wildman–Crippen MR) is 265 cm³/mol. The molecule has 4 amide bonds. The number of anilines is 2. The quantitative estimate of drug-likeness (QED) is 0.0913. The van der Waals surface area contributed by atoms with Gasteiger partial charge in [0.05, 0.1) is 91.2 Å². The second-order valence-electron chi connectivity index (χ2n) is 18.2. The third kappa shape index (κ3) is 6.43. The molecule has 12 rings (SSSR count). The lowest BCUT2D eigenvalue weighted by molar-refractivity contribution is -0.162. The van der Waals surface area contributed by atoms with E-state index in [4.69, 9.17) is 24.4 Å². The zero-order valence-corrected chi connectivity index (χ0v) is 39.2. The maximum Gasteiger partial charge on any atom is 0.328 e. The van der Waals surface area contributed by atoms with Gasteiger partial charge in [-0.3, -0.25) is 24.1 Å². The lowest BCUT2D eigenvalue weighted by Crippen LogP contribution is -2.61. The van der Waals surface area contributed by atoms with Gasteiger partial charge in [-0.1, -0.05) is 97.1 Å². The fourth-order valence-electron chi connectivity index (χ4n) is 11.9. The first kappa shape index (κ1) is 44.3. The van der Waals surface area contributed by atoms with E-state index in [1.165, 1.54) is 21.3 Å². The monoisotopic (exact) mass is 955 g/mol. The van der Waals surface area contributed by atoms with Gasteiger partial charge in [-0.15, -0.1) is 0 Å². The minimum atomic E-state index is -2.28. The lowest BCUT2D eigenvalue weighted by Gasteiger charge is -2.41. The molecule has 7 atom stereocenters. The molecule has 0 N–H and O–H groups in total. The molecule has 4 saturated heterocycles. The van der Waals surface area contributed by atoms with E-state index in [0.717, 1.165) is 9.80 Å². The Balaban J connectivity index is 1.19. The van der Waals surface area contributed by atoms with Crippen LogP contribution >= 0.6 is 0 Å². The molecule has 356 valence electrons. The Morgan fingerprint density at radius 1 is 0.458 bits per heavy atom. The third-order valence-corrected chi connectivity index (χ3v) is 14.8. The predicted octanol–water partition coefficient (Wildman–Crippen LogP) is 8.04. The normalized spacial score (nSPS) is 23.3. The molecule has 8 aromatic rings. The van der Waals surface area contributed by atoms with Crippen LogP contribution in [0.15, 0.2) is 182 Å². The van der Waals surface area contributed by atoms with Gasteiger partial charge >= 0.3 is 5.97 Å². The van der Waals surface area contributed by atoms with E-state index in [9.17, 15) is 0 Å². The van der Waals surface area contributed by atoms with Crippen molar-refractivity contribution in [3.8, 4) is 45.4 Å². The van der Waals surface area contributed by atoms with Crippen molar-refractivity contribution in [3.05, 3.63) is 193 Å². The second-order valence-corrected chi connectivity index (χ2v) is 18.2. The minimum absolute atomic E-state index is 0.240. The summed E-state index contributed by atoms with van der Waals surface area (Å²) >= 11 is 0. The van der Waals surface area contributed by atoms with Crippen LogP contribution in [-0.4, -0.2) is 80.9 Å². The van der Waals surface area contributed by atoms with Crippen molar-refractivity contribution in [2.45, 2.75) is 17.6 Å². The van der Waals surface area contributed by atoms with E-state index < -0.39 is 70.9 Å². The molecule has 4 fully saturated rings. The Bertz CT molecular complexity index is 3200. The summed E-state index contributed by atoms with van der Waals surface area (Å²) in [6, 6.07) is 48.4. The summed E-state index contributed by atoms with van der Waals surface area (Å²) in [6.07, 6.45) is 3.65. The molecule has 0 radical (unpaired) electrons. The molecule has 4 unspecified atom stereocenters. The molecule has 0 saturated carbocycles. The molecule has 15 nitrogen and oxygen atoms in total. The van der Waals surface area contributed by atoms with E-state index >= 15 is 24.0 Å². The first-order valence-corrected chi connectivity index (χ1v) is 23.5. The summed E-state index contributed by atoms with van der Waals surface area (Å²) in [5.74, 6) is -8.42. The molecule has 0 bridgehead atoms. The number of methoxy groups -OCH3 is 3. The minimum Gasteiger partial charge on any atom is -0.497 e. The average Bonchev–Trinajstić information content (AvgIpc) is 4.28. The van der Waals surface area contributed by atoms with Crippen LogP contribution in [0, 0.1) is 23.7 Å². The fourth-order valence-corrected chi connectivity index (χ4v) is 11.9. The van der Waals surface area contributed by atoms with Gasteiger partial charge < -0.3 is 14.2 Å². The lowest BCUT2D eigenvalue weighted by atomic mass is 9.69. The number of aromatic nitrogens is 4. The van der Waals surface area contributed by atoms with Gasteiger partial charge in [0.1, 0.15) is 17.0 Å². The van der Waals surface area contributed by atoms with Crippen molar-refractivity contribution in [1.29, 1.82) is 0 Å². The Morgan fingerprint density at radius 2 is 0.819 bits per heavy atom. The van der Waals surface area contributed by atoms with Gasteiger partial charge in [0.2, 0.25) is 23.6 Å². The molecule has 72 heavy (non-hydrogen) atoms. The number of hydrogen-bond donors (Lipinski definition) is 0. The molecule has 6 heterocycles. The number of nitrogens with zero attached hydrogens (tertiary/aromatic N) is 7. The molecule has 0 aliphatic carbocycles. The van der Waals surface area contributed by atoms with E-state index in [-0.39, 0.29) is 11.4 Å². The maximum atomic E-state index is 16.0. The summed E-state index contributed by atoms with van der Waals surface area (Å²) in [7, 11) is 4.23. The Labute approximate surface area is 413 Å². The van der Waals surface area contributed by atoms with Gasteiger partial charge in [0.25, 0.3) is 0 Å². The highest BCUT2D eigenvalue weighted by atomic mass is 16.5. The van der Waals surface area contributed by atoms with Crippen LogP contribution in [0.2, 0.25) is 0 Å². The molecule has 2 aromatic heterocycles. The van der Waals surface area contributed by atoms with Crippen LogP contribution in [0.1, 0.15) is 23.2 Å². The topological polar surface area (TPSA) is 158 Å². The SMILES string of the molecule is COC(=O)C12C3C(=O)N(c4ccc(OC)cc4)C(=O)C3C(c3cn(-c4ccccc4)nc3-c3ccccc3)N1[C@H](c1cn(-c3ccccc3)nc1-c1ccccc1)[C@@H]1C(=O)N(c3ccc(OC)cc3)C(=O)[C@@H]12. The van der Waals surface area contributed by atoms with Gasteiger partial charge in [-0.05, 0) is 72.8 Å². The Morgan fingerprint density at radius 3 is 1.17 bits per heavy atom. The fraction of sp³-hybridized carbons (Fsp3) is 0.175. The van der Waals surface area contributed by atoms with Crippen molar-refractivity contribution in [2.24, 2.45) is 23.7 Å². The third-order valence-electron chi connectivity index (χ3n) is 14.8. The number of hydrogen-bond acceptors (Lipinski definition) is 11. The van der Waals surface area contributed by atoms with Crippen molar-refractivity contribution in [3.63, 3.8) is 0 Å².